The normalized spacial score (nSPS) is 9.93. The van der Waals surface area contributed by atoms with Crippen molar-refractivity contribution in [1.82, 2.24) is 10.3 Å². The number of nitrogens with zero attached hydrogens (tertiary/aromatic N) is 1. The zero-order chi connectivity index (χ0) is 10.6. The average molecular weight is 215 g/mol. The number of pyridine rings is 1. The molecule has 1 heterocycles. The second kappa shape index (κ2) is 4.93. The highest BCUT2D eigenvalue weighted by Gasteiger charge is 2.09. The van der Waals surface area contributed by atoms with Gasteiger partial charge in [0.15, 0.2) is 0 Å². The van der Waals surface area contributed by atoms with Crippen LogP contribution in [0.3, 0.4) is 0 Å². The highest BCUT2D eigenvalue weighted by Crippen LogP contribution is 2.15. The zero-order valence-electron chi connectivity index (χ0n) is 7.75. The van der Waals surface area contributed by atoms with E-state index < -0.39 is 0 Å². The number of nitrogens with one attached hydrogen (secondary N) is 1. The van der Waals surface area contributed by atoms with Crippen LogP contribution >= 0.6 is 11.6 Å². The first kappa shape index (κ1) is 10.9. The van der Waals surface area contributed by atoms with Crippen LogP contribution in [-0.2, 0) is 0 Å². The highest BCUT2D eigenvalue weighted by molar-refractivity contribution is 6.33. The van der Waals surface area contributed by atoms with Crippen LogP contribution in [0.5, 0.6) is 0 Å². The Hall–Kier alpha value is -1.13. The Morgan fingerprint density at radius 3 is 3.00 bits per heavy atom. The van der Waals surface area contributed by atoms with E-state index in [4.69, 9.17) is 16.7 Å². The summed E-state index contributed by atoms with van der Waals surface area (Å²) in [5.41, 5.74) is 1.08. The Bertz CT molecular complexity index is 342. The molecule has 2 N–H and O–H groups in total. The third kappa shape index (κ3) is 2.68. The molecule has 4 nitrogen and oxygen atoms in total. The van der Waals surface area contributed by atoms with Gasteiger partial charge in [0.25, 0.3) is 5.91 Å². The molecule has 0 unspecified atom stereocenters. The summed E-state index contributed by atoms with van der Waals surface area (Å²) in [6, 6.07) is 1.62. The number of halogens is 1. The molecule has 14 heavy (non-hydrogen) atoms. The van der Waals surface area contributed by atoms with Crippen molar-refractivity contribution in [3.05, 3.63) is 28.5 Å². The molecule has 0 saturated carbocycles. The molecule has 0 bridgehead atoms. The number of carbonyl (C=O) groups is 1. The van der Waals surface area contributed by atoms with Crippen LogP contribution in [0, 0.1) is 6.92 Å². The maximum absolute atomic E-state index is 11.4. The smallest absolute Gasteiger partial charge is 0.254 e. The van der Waals surface area contributed by atoms with Crippen LogP contribution in [0.15, 0.2) is 12.3 Å². The van der Waals surface area contributed by atoms with Gasteiger partial charge in [0.2, 0.25) is 0 Å². The molecule has 1 amide bonds. The van der Waals surface area contributed by atoms with Gasteiger partial charge in [-0.05, 0) is 13.0 Å². The van der Waals surface area contributed by atoms with Gasteiger partial charge in [-0.25, -0.2) is 0 Å². The number of carbonyl (C=O) groups excluding carboxylic acids is 1. The molecule has 0 radical (unpaired) electrons. The molecule has 0 saturated heterocycles. The van der Waals surface area contributed by atoms with Crippen LogP contribution in [0.25, 0.3) is 0 Å². The zero-order valence-corrected chi connectivity index (χ0v) is 8.51. The molecule has 0 spiro atoms. The average Bonchev–Trinajstić information content (AvgIpc) is 2.14. The predicted octanol–water partition coefficient (Wildman–Crippen LogP) is 0.766. The van der Waals surface area contributed by atoms with Gasteiger partial charge in [-0.1, -0.05) is 11.6 Å². The van der Waals surface area contributed by atoms with E-state index in [0.717, 1.165) is 5.69 Å². The summed E-state index contributed by atoms with van der Waals surface area (Å²) < 4.78 is 0. The van der Waals surface area contributed by atoms with E-state index in [1.54, 1.807) is 13.0 Å². The quantitative estimate of drug-likeness (QED) is 0.781. The number of hydrogen-bond acceptors (Lipinski definition) is 3. The van der Waals surface area contributed by atoms with Crippen LogP contribution in [-0.4, -0.2) is 29.1 Å². The summed E-state index contributed by atoms with van der Waals surface area (Å²) in [5, 5.41) is 11.4. The van der Waals surface area contributed by atoms with Crippen molar-refractivity contribution < 1.29 is 9.90 Å². The third-order valence-electron chi connectivity index (χ3n) is 1.63. The lowest BCUT2D eigenvalue weighted by atomic mass is 10.2. The summed E-state index contributed by atoms with van der Waals surface area (Å²) in [5.74, 6) is -0.323. The summed E-state index contributed by atoms with van der Waals surface area (Å²) in [7, 11) is 0. The van der Waals surface area contributed by atoms with Gasteiger partial charge in [0.05, 0.1) is 17.2 Å². The fraction of sp³-hybridized carbons (Fsp3) is 0.333. The first-order valence-electron chi connectivity index (χ1n) is 4.16. The molecular formula is C9H11ClN2O2. The molecular weight excluding hydrogens is 204 g/mol. The summed E-state index contributed by atoms with van der Waals surface area (Å²) in [6.07, 6.45) is 1.42. The molecule has 0 aliphatic carbocycles. The van der Waals surface area contributed by atoms with Gasteiger partial charge in [0.1, 0.15) is 0 Å². The standard InChI is InChI=1S/C9H11ClN2O2/c1-6-4-8(10)7(5-12-6)9(14)11-2-3-13/h4-5,13H,2-3H2,1H3,(H,11,14). The van der Waals surface area contributed by atoms with Crippen molar-refractivity contribution in [2.75, 3.05) is 13.2 Å². The number of rotatable bonds is 3. The third-order valence-corrected chi connectivity index (χ3v) is 1.94. The minimum absolute atomic E-state index is 0.0946. The number of aryl methyl sites for hydroxylation is 1. The molecule has 5 heteroatoms. The lowest BCUT2D eigenvalue weighted by Crippen LogP contribution is -2.26. The molecule has 0 aliphatic heterocycles. The molecule has 1 aromatic heterocycles. The van der Waals surface area contributed by atoms with Crippen molar-refractivity contribution >= 4 is 17.5 Å². The van der Waals surface area contributed by atoms with Gasteiger partial charge in [-0.2, -0.15) is 0 Å². The van der Waals surface area contributed by atoms with E-state index in [0.29, 0.717) is 10.6 Å². The lowest BCUT2D eigenvalue weighted by molar-refractivity contribution is 0.0944. The molecule has 1 aromatic rings. The van der Waals surface area contributed by atoms with Crippen molar-refractivity contribution in [2.45, 2.75) is 6.92 Å². The molecule has 0 aliphatic rings. The SMILES string of the molecule is Cc1cc(Cl)c(C(=O)NCCO)cn1. The van der Waals surface area contributed by atoms with Gasteiger partial charge < -0.3 is 10.4 Å². The van der Waals surface area contributed by atoms with Crippen LogP contribution in [0.4, 0.5) is 0 Å². The maximum Gasteiger partial charge on any atom is 0.254 e. The second-order valence-electron chi connectivity index (χ2n) is 2.79. The van der Waals surface area contributed by atoms with E-state index >= 15 is 0 Å². The molecule has 0 aromatic carbocycles. The van der Waals surface area contributed by atoms with Crippen LogP contribution < -0.4 is 5.32 Å². The van der Waals surface area contributed by atoms with E-state index in [9.17, 15) is 4.79 Å². The summed E-state index contributed by atoms with van der Waals surface area (Å²) in [6.45, 7) is 1.91. The van der Waals surface area contributed by atoms with Crippen molar-refractivity contribution in [1.29, 1.82) is 0 Å². The van der Waals surface area contributed by atoms with E-state index in [1.165, 1.54) is 6.20 Å². The van der Waals surface area contributed by atoms with Crippen molar-refractivity contribution in [2.24, 2.45) is 0 Å². The Kier molecular flexibility index (Phi) is 3.85. The number of aromatic nitrogens is 1. The first-order valence-corrected chi connectivity index (χ1v) is 4.54. The molecule has 0 fully saturated rings. The summed E-state index contributed by atoms with van der Waals surface area (Å²) in [4.78, 5) is 15.4. The van der Waals surface area contributed by atoms with Crippen LogP contribution in [0.2, 0.25) is 5.02 Å². The largest absolute Gasteiger partial charge is 0.395 e. The lowest BCUT2D eigenvalue weighted by Gasteiger charge is -2.04. The van der Waals surface area contributed by atoms with Crippen LogP contribution in [0.1, 0.15) is 16.1 Å². The summed E-state index contributed by atoms with van der Waals surface area (Å²) >= 11 is 5.84. The fourth-order valence-corrected chi connectivity index (χ4v) is 1.25. The van der Waals surface area contributed by atoms with Gasteiger partial charge in [-0.15, -0.1) is 0 Å². The van der Waals surface area contributed by atoms with Gasteiger partial charge in [0, 0.05) is 18.4 Å². The van der Waals surface area contributed by atoms with E-state index in [2.05, 4.69) is 10.3 Å². The number of amides is 1. The fourth-order valence-electron chi connectivity index (χ4n) is 0.958. The van der Waals surface area contributed by atoms with Crippen molar-refractivity contribution in [3.8, 4) is 0 Å². The number of hydrogen-bond donors (Lipinski definition) is 2. The monoisotopic (exact) mass is 214 g/mol. The minimum Gasteiger partial charge on any atom is -0.395 e. The first-order chi connectivity index (χ1) is 6.65. The number of aliphatic hydroxyl groups excluding tert-OH is 1. The molecule has 1 rings (SSSR count). The highest BCUT2D eigenvalue weighted by atomic mass is 35.5. The van der Waals surface area contributed by atoms with E-state index in [1.807, 2.05) is 0 Å². The van der Waals surface area contributed by atoms with Gasteiger partial charge in [-0.3, -0.25) is 9.78 Å². The Morgan fingerprint density at radius 1 is 1.71 bits per heavy atom. The Balaban J connectivity index is 2.80. The van der Waals surface area contributed by atoms with Gasteiger partial charge >= 0.3 is 0 Å². The number of aliphatic hydroxyl groups is 1. The Morgan fingerprint density at radius 2 is 2.43 bits per heavy atom. The maximum atomic E-state index is 11.4. The van der Waals surface area contributed by atoms with Crippen molar-refractivity contribution in [3.63, 3.8) is 0 Å². The van der Waals surface area contributed by atoms with E-state index in [-0.39, 0.29) is 19.1 Å². The molecule has 0 atom stereocenters. The predicted molar refractivity (Wildman–Crippen MR) is 53.4 cm³/mol. The Labute approximate surface area is 86.9 Å². The molecule has 76 valence electrons. The second-order valence-corrected chi connectivity index (χ2v) is 3.19. The topological polar surface area (TPSA) is 62.2 Å². The minimum atomic E-state index is -0.323.